The van der Waals surface area contributed by atoms with Crippen molar-refractivity contribution in [2.45, 2.75) is 26.2 Å². The lowest BCUT2D eigenvalue weighted by Crippen LogP contribution is -2.54. The van der Waals surface area contributed by atoms with E-state index < -0.39 is 11.9 Å². The molecule has 1 aromatic heterocycles. The molecule has 19 heavy (non-hydrogen) atoms. The number of aromatic nitrogens is 1. The minimum atomic E-state index is -0.853. The predicted molar refractivity (Wildman–Crippen MR) is 72.5 cm³/mol. The maximum atomic E-state index is 11.8. The molecule has 0 aromatic carbocycles. The first-order valence-corrected chi connectivity index (χ1v) is 6.90. The molecule has 2 amide bonds. The lowest BCUT2D eigenvalue weighted by atomic mass is 9.93. The van der Waals surface area contributed by atoms with Crippen LogP contribution in [-0.4, -0.2) is 40.1 Å². The third-order valence-electron chi connectivity index (χ3n) is 3.00. The number of carboxylic acids is 1. The summed E-state index contributed by atoms with van der Waals surface area (Å²) in [7, 11) is 0. The Labute approximate surface area is 115 Å². The van der Waals surface area contributed by atoms with Gasteiger partial charge in [-0.25, -0.2) is 9.78 Å². The van der Waals surface area contributed by atoms with Crippen LogP contribution in [-0.2, 0) is 10.2 Å². The number of urea groups is 1. The van der Waals surface area contributed by atoms with Crippen molar-refractivity contribution in [3.63, 3.8) is 0 Å². The molecule has 1 aliphatic heterocycles. The molecule has 1 fully saturated rings. The number of aliphatic carboxylic acids is 1. The highest BCUT2D eigenvalue weighted by Crippen LogP contribution is 2.27. The molecule has 2 N–H and O–H groups in total. The summed E-state index contributed by atoms with van der Waals surface area (Å²) in [4.78, 5) is 28.3. The number of hydrogen-bond donors (Lipinski definition) is 2. The predicted octanol–water partition coefficient (Wildman–Crippen LogP) is 1.99. The van der Waals surface area contributed by atoms with Crippen LogP contribution in [0.5, 0.6) is 0 Å². The Morgan fingerprint density at radius 3 is 2.58 bits per heavy atom. The summed E-state index contributed by atoms with van der Waals surface area (Å²) in [6.45, 7) is 6.69. The summed E-state index contributed by atoms with van der Waals surface area (Å²) < 4.78 is 0. The van der Waals surface area contributed by atoms with E-state index in [1.807, 2.05) is 5.38 Å². The van der Waals surface area contributed by atoms with Crippen LogP contribution in [0, 0.1) is 5.92 Å². The lowest BCUT2D eigenvalue weighted by Gasteiger charge is -2.36. The Morgan fingerprint density at radius 2 is 2.11 bits per heavy atom. The second kappa shape index (κ2) is 4.80. The number of thiazole rings is 1. The van der Waals surface area contributed by atoms with Gasteiger partial charge in [-0.2, -0.15) is 0 Å². The van der Waals surface area contributed by atoms with Gasteiger partial charge in [-0.3, -0.25) is 10.1 Å². The van der Waals surface area contributed by atoms with Crippen molar-refractivity contribution in [1.29, 1.82) is 0 Å². The van der Waals surface area contributed by atoms with E-state index in [4.69, 9.17) is 5.11 Å². The first-order chi connectivity index (χ1) is 8.77. The van der Waals surface area contributed by atoms with Gasteiger partial charge in [-0.05, 0) is 0 Å². The van der Waals surface area contributed by atoms with E-state index in [0.717, 1.165) is 5.69 Å². The third kappa shape index (κ3) is 3.04. The van der Waals surface area contributed by atoms with Gasteiger partial charge in [0.1, 0.15) is 0 Å². The number of carboxylic acid groups (broad SMARTS) is 1. The van der Waals surface area contributed by atoms with Gasteiger partial charge in [0.15, 0.2) is 5.13 Å². The fraction of sp³-hybridized carbons (Fsp3) is 0.583. The SMILES string of the molecule is CC(C)(C)c1csc(NC(=O)N2CC(C(=O)O)C2)n1. The Balaban J connectivity index is 1.90. The van der Waals surface area contributed by atoms with Crippen LogP contribution in [0.1, 0.15) is 26.5 Å². The Morgan fingerprint density at radius 1 is 1.47 bits per heavy atom. The van der Waals surface area contributed by atoms with Crippen LogP contribution in [0.15, 0.2) is 5.38 Å². The highest BCUT2D eigenvalue weighted by atomic mass is 32.1. The summed E-state index contributed by atoms with van der Waals surface area (Å²) >= 11 is 1.38. The van der Waals surface area contributed by atoms with E-state index in [-0.39, 0.29) is 24.5 Å². The van der Waals surface area contributed by atoms with Crippen molar-refractivity contribution in [3.8, 4) is 0 Å². The Kier molecular flexibility index (Phi) is 3.49. The summed E-state index contributed by atoms with van der Waals surface area (Å²) in [6.07, 6.45) is 0. The van der Waals surface area contributed by atoms with Crippen LogP contribution in [0.25, 0.3) is 0 Å². The molecule has 0 unspecified atom stereocenters. The van der Waals surface area contributed by atoms with E-state index in [2.05, 4.69) is 31.1 Å². The second-order valence-corrected chi connectivity index (χ2v) is 6.52. The smallest absolute Gasteiger partial charge is 0.323 e. The van der Waals surface area contributed by atoms with Crippen molar-refractivity contribution in [2.75, 3.05) is 18.4 Å². The van der Waals surface area contributed by atoms with Crippen molar-refractivity contribution in [1.82, 2.24) is 9.88 Å². The zero-order valence-corrected chi connectivity index (χ0v) is 12.0. The maximum Gasteiger partial charge on any atom is 0.323 e. The number of rotatable bonds is 2. The average molecular weight is 283 g/mol. The fourth-order valence-electron chi connectivity index (χ4n) is 1.65. The van der Waals surface area contributed by atoms with E-state index >= 15 is 0 Å². The number of amides is 2. The Bertz CT molecular complexity index is 501. The fourth-order valence-corrected chi connectivity index (χ4v) is 2.57. The highest BCUT2D eigenvalue weighted by Gasteiger charge is 2.35. The monoisotopic (exact) mass is 283 g/mol. The lowest BCUT2D eigenvalue weighted by molar-refractivity contribution is -0.145. The van der Waals surface area contributed by atoms with Gasteiger partial charge in [0, 0.05) is 23.9 Å². The van der Waals surface area contributed by atoms with E-state index in [1.165, 1.54) is 16.2 Å². The van der Waals surface area contributed by atoms with Gasteiger partial charge in [-0.1, -0.05) is 20.8 Å². The minimum absolute atomic E-state index is 0.0510. The first-order valence-electron chi connectivity index (χ1n) is 6.02. The third-order valence-corrected chi connectivity index (χ3v) is 3.76. The highest BCUT2D eigenvalue weighted by molar-refractivity contribution is 7.13. The quantitative estimate of drug-likeness (QED) is 0.869. The number of nitrogens with zero attached hydrogens (tertiary/aromatic N) is 2. The molecule has 1 saturated heterocycles. The zero-order chi connectivity index (χ0) is 14.2. The summed E-state index contributed by atoms with van der Waals surface area (Å²) in [5.74, 6) is -1.29. The van der Waals surface area contributed by atoms with E-state index in [0.29, 0.717) is 5.13 Å². The van der Waals surface area contributed by atoms with E-state index in [1.54, 1.807) is 0 Å². The Hall–Kier alpha value is -1.63. The van der Waals surface area contributed by atoms with Crippen LogP contribution in [0.4, 0.5) is 9.93 Å². The number of hydrogen-bond acceptors (Lipinski definition) is 4. The zero-order valence-electron chi connectivity index (χ0n) is 11.1. The first kappa shape index (κ1) is 13.8. The summed E-state index contributed by atoms with van der Waals surface area (Å²) in [5.41, 5.74) is 0.879. The second-order valence-electron chi connectivity index (χ2n) is 5.66. The molecule has 2 heterocycles. The molecule has 7 heteroatoms. The summed E-state index contributed by atoms with van der Waals surface area (Å²) in [5, 5.41) is 13.9. The molecule has 0 radical (unpaired) electrons. The molecule has 0 spiro atoms. The molecule has 1 aliphatic rings. The van der Waals surface area contributed by atoms with Gasteiger partial charge >= 0.3 is 12.0 Å². The number of anilines is 1. The molecule has 6 nitrogen and oxygen atoms in total. The van der Waals surface area contributed by atoms with Crippen LogP contribution in [0.3, 0.4) is 0 Å². The number of carbonyl (C=O) groups is 2. The number of likely N-dealkylation sites (tertiary alicyclic amines) is 1. The molecule has 1 aromatic rings. The van der Waals surface area contributed by atoms with Crippen molar-refractivity contribution in [2.24, 2.45) is 5.92 Å². The van der Waals surface area contributed by atoms with Crippen LogP contribution >= 0.6 is 11.3 Å². The standard InChI is InChI=1S/C12H17N3O3S/c1-12(2,3)8-6-19-10(13-8)14-11(18)15-4-7(5-15)9(16)17/h6-7H,4-5H2,1-3H3,(H,16,17)(H,13,14,18). The van der Waals surface area contributed by atoms with Gasteiger partial charge < -0.3 is 10.0 Å². The largest absolute Gasteiger partial charge is 0.481 e. The van der Waals surface area contributed by atoms with Crippen LogP contribution in [0.2, 0.25) is 0 Å². The molecule has 0 atom stereocenters. The average Bonchev–Trinajstić information content (AvgIpc) is 2.61. The maximum absolute atomic E-state index is 11.8. The van der Waals surface area contributed by atoms with Gasteiger partial charge in [-0.15, -0.1) is 11.3 Å². The minimum Gasteiger partial charge on any atom is -0.481 e. The van der Waals surface area contributed by atoms with Gasteiger partial charge in [0.2, 0.25) is 0 Å². The molecule has 104 valence electrons. The summed E-state index contributed by atoms with van der Waals surface area (Å²) in [6, 6.07) is -0.285. The van der Waals surface area contributed by atoms with E-state index in [9.17, 15) is 9.59 Å². The van der Waals surface area contributed by atoms with Crippen LogP contribution < -0.4 is 5.32 Å². The topological polar surface area (TPSA) is 82.5 Å². The molecule has 0 saturated carbocycles. The number of nitrogens with one attached hydrogen (secondary N) is 1. The molecular formula is C12H17N3O3S. The normalized spacial score (nSPS) is 16.1. The van der Waals surface area contributed by atoms with Crippen molar-refractivity contribution in [3.05, 3.63) is 11.1 Å². The molecule has 0 aliphatic carbocycles. The molecule has 2 rings (SSSR count). The van der Waals surface area contributed by atoms with Gasteiger partial charge in [0.25, 0.3) is 0 Å². The number of carbonyl (C=O) groups excluding carboxylic acids is 1. The van der Waals surface area contributed by atoms with Crippen molar-refractivity contribution < 1.29 is 14.7 Å². The van der Waals surface area contributed by atoms with Crippen molar-refractivity contribution >= 4 is 28.5 Å². The molecule has 0 bridgehead atoms. The molecular weight excluding hydrogens is 266 g/mol. The van der Waals surface area contributed by atoms with Gasteiger partial charge in [0.05, 0.1) is 11.6 Å².